The Hall–Kier alpha value is -1.37. The average Bonchev–Trinajstić information content (AvgIpc) is 2.57. The standard InChI is InChI=1S/C14H19N3/c15-7-10-16-8-4-9-17(12-11-16)13-14-5-2-1-3-6-14/h1-3,5-6H,4,8-13H2. The number of nitriles is 1. The van der Waals surface area contributed by atoms with Gasteiger partial charge in [0.05, 0.1) is 12.6 Å². The molecule has 0 unspecified atom stereocenters. The zero-order chi connectivity index (χ0) is 11.9. The topological polar surface area (TPSA) is 30.3 Å². The van der Waals surface area contributed by atoms with Crippen LogP contribution in [0.5, 0.6) is 0 Å². The van der Waals surface area contributed by atoms with Gasteiger partial charge in [0.25, 0.3) is 0 Å². The van der Waals surface area contributed by atoms with E-state index in [0.717, 1.165) is 39.1 Å². The fourth-order valence-electron chi connectivity index (χ4n) is 2.28. The summed E-state index contributed by atoms with van der Waals surface area (Å²) in [4.78, 5) is 4.72. The van der Waals surface area contributed by atoms with Crippen molar-refractivity contribution in [3.63, 3.8) is 0 Å². The largest absolute Gasteiger partial charge is 0.298 e. The normalized spacial score (nSPS) is 18.5. The Morgan fingerprint density at radius 2 is 1.71 bits per heavy atom. The molecule has 0 spiro atoms. The van der Waals surface area contributed by atoms with Gasteiger partial charge >= 0.3 is 0 Å². The summed E-state index contributed by atoms with van der Waals surface area (Å²) in [6.45, 7) is 5.87. The molecule has 1 fully saturated rings. The molecule has 3 heteroatoms. The Kier molecular flexibility index (Phi) is 4.54. The van der Waals surface area contributed by atoms with E-state index in [-0.39, 0.29) is 0 Å². The predicted octanol–water partition coefficient (Wildman–Crippen LogP) is 1.72. The number of hydrogen-bond donors (Lipinski definition) is 0. The fourth-order valence-corrected chi connectivity index (χ4v) is 2.28. The predicted molar refractivity (Wildman–Crippen MR) is 68.4 cm³/mol. The van der Waals surface area contributed by atoms with Gasteiger partial charge in [-0.2, -0.15) is 5.26 Å². The molecule has 1 saturated heterocycles. The van der Waals surface area contributed by atoms with Crippen LogP contribution in [0.15, 0.2) is 30.3 Å². The second-order valence-electron chi connectivity index (χ2n) is 4.55. The molecule has 0 saturated carbocycles. The third-order valence-electron chi connectivity index (χ3n) is 3.22. The molecule has 0 N–H and O–H groups in total. The first-order chi connectivity index (χ1) is 8.38. The van der Waals surface area contributed by atoms with Crippen LogP contribution in [0.3, 0.4) is 0 Å². The van der Waals surface area contributed by atoms with Gasteiger partial charge in [-0.05, 0) is 18.5 Å². The van der Waals surface area contributed by atoms with Gasteiger partial charge in [-0.25, -0.2) is 0 Å². The summed E-state index contributed by atoms with van der Waals surface area (Å²) in [6.07, 6.45) is 1.16. The molecule has 0 bridgehead atoms. The summed E-state index contributed by atoms with van der Waals surface area (Å²) in [5, 5.41) is 8.71. The molecule has 0 amide bonds. The van der Waals surface area contributed by atoms with Gasteiger partial charge in [0.2, 0.25) is 0 Å². The summed E-state index contributed by atoms with van der Waals surface area (Å²) < 4.78 is 0. The SMILES string of the molecule is N#CCN1CCCN(Cc2ccccc2)CC1. The number of rotatable bonds is 3. The third-order valence-corrected chi connectivity index (χ3v) is 3.22. The Balaban J connectivity index is 1.85. The van der Waals surface area contributed by atoms with E-state index in [1.165, 1.54) is 5.56 Å². The van der Waals surface area contributed by atoms with Gasteiger partial charge in [-0.1, -0.05) is 30.3 Å². The molecule has 0 aromatic heterocycles. The Morgan fingerprint density at radius 3 is 2.47 bits per heavy atom. The van der Waals surface area contributed by atoms with Gasteiger partial charge < -0.3 is 0 Å². The van der Waals surface area contributed by atoms with E-state index in [0.29, 0.717) is 6.54 Å². The van der Waals surface area contributed by atoms with Crippen molar-refractivity contribution in [2.24, 2.45) is 0 Å². The Labute approximate surface area is 103 Å². The first-order valence-corrected chi connectivity index (χ1v) is 6.24. The molecular formula is C14H19N3. The summed E-state index contributed by atoms with van der Waals surface area (Å²) in [6, 6.07) is 12.8. The average molecular weight is 229 g/mol. The minimum atomic E-state index is 0.569. The Morgan fingerprint density at radius 1 is 1.00 bits per heavy atom. The van der Waals surface area contributed by atoms with E-state index < -0.39 is 0 Å². The van der Waals surface area contributed by atoms with Crippen LogP contribution in [-0.2, 0) is 6.54 Å². The van der Waals surface area contributed by atoms with E-state index in [9.17, 15) is 0 Å². The van der Waals surface area contributed by atoms with E-state index in [1.807, 2.05) is 0 Å². The van der Waals surface area contributed by atoms with Crippen molar-refractivity contribution < 1.29 is 0 Å². The number of nitrogens with zero attached hydrogens (tertiary/aromatic N) is 3. The molecule has 3 nitrogen and oxygen atoms in total. The molecule has 1 aromatic rings. The molecule has 90 valence electrons. The molecule has 0 radical (unpaired) electrons. The van der Waals surface area contributed by atoms with E-state index in [1.54, 1.807) is 0 Å². The highest BCUT2D eigenvalue weighted by Crippen LogP contribution is 2.08. The van der Waals surface area contributed by atoms with Crippen LogP contribution in [0, 0.1) is 11.3 Å². The zero-order valence-electron chi connectivity index (χ0n) is 10.2. The summed E-state index contributed by atoms with van der Waals surface area (Å²) in [7, 11) is 0. The zero-order valence-corrected chi connectivity index (χ0v) is 10.2. The lowest BCUT2D eigenvalue weighted by molar-refractivity contribution is 0.263. The Bertz CT molecular complexity index is 369. The second-order valence-corrected chi connectivity index (χ2v) is 4.55. The molecular weight excluding hydrogens is 210 g/mol. The van der Waals surface area contributed by atoms with E-state index >= 15 is 0 Å². The van der Waals surface area contributed by atoms with Crippen LogP contribution in [-0.4, -0.2) is 42.5 Å². The lowest BCUT2D eigenvalue weighted by Crippen LogP contribution is -2.30. The number of benzene rings is 1. The van der Waals surface area contributed by atoms with Gasteiger partial charge in [-0.15, -0.1) is 0 Å². The maximum absolute atomic E-state index is 8.71. The molecule has 2 rings (SSSR count). The van der Waals surface area contributed by atoms with Crippen molar-refractivity contribution in [2.45, 2.75) is 13.0 Å². The lowest BCUT2D eigenvalue weighted by Gasteiger charge is -2.20. The smallest absolute Gasteiger partial charge is 0.0866 e. The molecule has 0 aliphatic carbocycles. The van der Waals surface area contributed by atoms with Gasteiger partial charge in [0.15, 0.2) is 0 Å². The van der Waals surface area contributed by atoms with E-state index in [4.69, 9.17) is 5.26 Å². The van der Waals surface area contributed by atoms with Gasteiger partial charge in [0.1, 0.15) is 0 Å². The summed E-state index contributed by atoms with van der Waals surface area (Å²) in [5.74, 6) is 0. The minimum absolute atomic E-state index is 0.569. The number of hydrogen-bond acceptors (Lipinski definition) is 3. The quantitative estimate of drug-likeness (QED) is 0.739. The van der Waals surface area contributed by atoms with Crippen molar-refractivity contribution in [2.75, 3.05) is 32.7 Å². The van der Waals surface area contributed by atoms with Gasteiger partial charge in [-0.3, -0.25) is 9.80 Å². The maximum Gasteiger partial charge on any atom is 0.0866 e. The molecule has 1 aromatic carbocycles. The summed E-state index contributed by atoms with van der Waals surface area (Å²) in [5.41, 5.74) is 1.38. The van der Waals surface area contributed by atoms with Crippen LogP contribution >= 0.6 is 0 Å². The van der Waals surface area contributed by atoms with Crippen molar-refractivity contribution in [3.8, 4) is 6.07 Å². The minimum Gasteiger partial charge on any atom is -0.298 e. The summed E-state index contributed by atoms with van der Waals surface area (Å²) >= 11 is 0. The highest BCUT2D eigenvalue weighted by molar-refractivity contribution is 5.14. The van der Waals surface area contributed by atoms with Crippen LogP contribution in [0.25, 0.3) is 0 Å². The van der Waals surface area contributed by atoms with Crippen molar-refractivity contribution >= 4 is 0 Å². The highest BCUT2D eigenvalue weighted by atomic mass is 15.2. The van der Waals surface area contributed by atoms with Gasteiger partial charge in [0, 0.05) is 26.2 Å². The van der Waals surface area contributed by atoms with Crippen LogP contribution in [0.2, 0.25) is 0 Å². The first kappa shape index (κ1) is 12.1. The van der Waals surface area contributed by atoms with Crippen LogP contribution < -0.4 is 0 Å². The monoisotopic (exact) mass is 229 g/mol. The lowest BCUT2D eigenvalue weighted by atomic mass is 10.2. The molecule has 1 heterocycles. The first-order valence-electron chi connectivity index (χ1n) is 6.24. The highest BCUT2D eigenvalue weighted by Gasteiger charge is 2.14. The fraction of sp³-hybridized carbons (Fsp3) is 0.500. The third kappa shape index (κ3) is 3.85. The van der Waals surface area contributed by atoms with Crippen LogP contribution in [0.4, 0.5) is 0 Å². The van der Waals surface area contributed by atoms with Crippen molar-refractivity contribution in [1.82, 2.24) is 9.80 Å². The maximum atomic E-state index is 8.71. The van der Waals surface area contributed by atoms with Crippen molar-refractivity contribution in [3.05, 3.63) is 35.9 Å². The molecule has 1 aliphatic heterocycles. The molecule has 0 atom stereocenters. The van der Waals surface area contributed by atoms with Crippen LogP contribution in [0.1, 0.15) is 12.0 Å². The second kappa shape index (κ2) is 6.39. The molecule has 17 heavy (non-hydrogen) atoms. The molecule has 1 aliphatic rings. The van der Waals surface area contributed by atoms with Crippen molar-refractivity contribution in [1.29, 1.82) is 5.26 Å². The van der Waals surface area contributed by atoms with E-state index in [2.05, 4.69) is 46.2 Å².